The van der Waals surface area contributed by atoms with E-state index in [2.05, 4.69) is 22.4 Å². The van der Waals surface area contributed by atoms with Crippen LogP contribution in [0.4, 0.5) is 0 Å². The molecule has 0 aliphatic heterocycles. The minimum Gasteiger partial charge on any atom is -0.347 e. The molecule has 0 bridgehead atoms. The van der Waals surface area contributed by atoms with E-state index < -0.39 is 5.69 Å². The average molecular weight is 446 g/mol. The lowest BCUT2D eigenvalue weighted by Crippen LogP contribution is -2.42. The van der Waals surface area contributed by atoms with Gasteiger partial charge in [-0.05, 0) is 37.5 Å². The Hall–Kier alpha value is -3.94. The minimum atomic E-state index is -0.487. The number of nitrogens with zero attached hydrogens (tertiary/aromatic N) is 4. The van der Waals surface area contributed by atoms with Crippen molar-refractivity contribution in [3.63, 3.8) is 0 Å². The number of carbonyl (C=O) groups excluding carboxylic acids is 1. The highest BCUT2D eigenvalue weighted by atomic mass is 16.2. The van der Waals surface area contributed by atoms with Crippen LogP contribution in [0.25, 0.3) is 10.9 Å². The van der Waals surface area contributed by atoms with E-state index in [0.717, 1.165) is 29.8 Å². The van der Waals surface area contributed by atoms with Gasteiger partial charge in [-0.25, -0.2) is 9.78 Å². The Morgan fingerprint density at radius 3 is 2.55 bits per heavy atom. The normalized spacial score (nSPS) is 11.1. The number of rotatable bonds is 9. The third kappa shape index (κ3) is 4.95. The first-order chi connectivity index (χ1) is 16.1. The van der Waals surface area contributed by atoms with Crippen molar-refractivity contribution < 1.29 is 4.79 Å². The number of aromatic nitrogens is 4. The van der Waals surface area contributed by atoms with E-state index in [-0.39, 0.29) is 31.1 Å². The topological polar surface area (TPSA) is 90.9 Å². The maximum Gasteiger partial charge on any atom is 0.331 e. The van der Waals surface area contributed by atoms with E-state index >= 15 is 0 Å². The molecule has 0 saturated carbocycles. The van der Waals surface area contributed by atoms with E-state index in [4.69, 9.17) is 0 Å². The van der Waals surface area contributed by atoms with Crippen LogP contribution in [0, 0.1) is 0 Å². The number of imidazole rings is 1. The molecule has 8 heteroatoms. The van der Waals surface area contributed by atoms with Crippen molar-refractivity contribution >= 4 is 16.8 Å². The summed E-state index contributed by atoms with van der Waals surface area (Å²) >= 11 is 0. The van der Waals surface area contributed by atoms with Gasteiger partial charge in [-0.1, -0.05) is 42.5 Å². The van der Waals surface area contributed by atoms with Crippen LogP contribution in [0.5, 0.6) is 0 Å². The fraction of sp³-hybridized carbons (Fsp3) is 0.280. The Balaban J connectivity index is 1.42. The quantitative estimate of drug-likeness (QED) is 0.428. The number of hydrogen-bond acceptors (Lipinski definition) is 4. The van der Waals surface area contributed by atoms with Crippen LogP contribution >= 0.6 is 0 Å². The fourth-order valence-electron chi connectivity index (χ4n) is 3.99. The first-order valence-electron chi connectivity index (χ1n) is 11.1. The van der Waals surface area contributed by atoms with E-state index in [1.165, 1.54) is 10.1 Å². The van der Waals surface area contributed by atoms with Crippen molar-refractivity contribution in [2.75, 3.05) is 0 Å². The molecule has 2 heterocycles. The molecule has 2 aromatic heterocycles. The van der Waals surface area contributed by atoms with Crippen LogP contribution in [0.15, 0.2) is 76.6 Å². The maximum absolute atomic E-state index is 12.8. The number of hydrogen-bond donors (Lipinski definition) is 1. The molecule has 0 radical (unpaired) electrons. The van der Waals surface area contributed by atoms with Gasteiger partial charge >= 0.3 is 5.69 Å². The van der Waals surface area contributed by atoms with E-state index in [9.17, 15) is 14.4 Å². The predicted molar refractivity (Wildman–Crippen MR) is 127 cm³/mol. The lowest BCUT2D eigenvalue weighted by atomic mass is 10.1. The number of nitrogens with one attached hydrogen (secondary N) is 1. The van der Waals surface area contributed by atoms with Crippen molar-refractivity contribution in [2.24, 2.45) is 0 Å². The van der Waals surface area contributed by atoms with Crippen LogP contribution in [0.3, 0.4) is 0 Å². The molecule has 0 atom stereocenters. The molecular weight excluding hydrogens is 418 g/mol. The average Bonchev–Trinajstić information content (AvgIpc) is 3.29. The molecule has 0 saturated heterocycles. The van der Waals surface area contributed by atoms with Gasteiger partial charge in [0.05, 0.1) is 17.4 Å². The second-order valence-corrected chi connectivity index (χ2v) is 7.84. The number of amides is 1. The molecule has 0 unspecified atom stereocenters. The molecule has 8 nitrogen and oxygen atoms in total. The van der Waals surface area contributed by atoms with Gasteiger partial charge in [-0.2, -0.15) is 0 Å². The van der Waals surface area contributed by atoms with Gasteiger partial charge < -0.3 is 9.88 Å². The van der Waals surface area contributed by atoms with E-state index in [0.29, 0.717) is 10.9 Å². The van der Waals surface area contributed by atoms with Crippen LogP contribution in [0.2, 0.25) is 0 Å². The zero-order valence-electron chi connectivity index (χ0n) is 18.6. The van der Waals surface area contributed by atoms with Gasteiger partial charge in [0, 0.05) is 25.5 Å². The summed E-state index contributed by atoms with van der Waals surface area (Å²) in [5.41, 5.74) is 0.916. The van der Waals surface area contributed by atoms with Gasteiger partial charge in [0.1, 0.15) is 12.4 Å². The van der Waals surface area contributed by atoms with Gasteiger partial charge in [-0.15, -0.1) is 0 Å². The highest BCUT2D eigenvalue weighted by Crippen LogP contribution is 2.08. The third-order valence-electron chi connectivity index (χ3n) is 5.70. The molecule has 0 aliphatic rings. The van der Waals surface area contributed by atoms with Crippen molar-refractivity contribution in [3.05, 3.63) is 99.2 Å². The Morgan fingerprint density at radius 2 is 1.76 bits per heavy atom. The van der Waals surface area contributed by atoms with Crippen LogP contribution in [-0.4, -0.2) is 24.6 Å². The summed E-state index contributed by atoms with van der Waals surface area (Å²) < 4.78 is 4.53. The summed E-state index contributed by atoms with van der Waals surface area (Å²) in [6.07, 6.45) is 5.55. The van der Waals surface area contributed by atoms with Gasteiger partial charge in [0.15, 0.2) is 0 Å². The van der Waals surface area contributed by atoms with Crippen LogP contribution < -0.4 is 16.6 Å². The van der Waals surface area contributed by atoms with E-state index in [1.807, 2.05) is 29.0 Å². The Labute approximate surface area is 191 Å². The molecule has 2 aromatic carbocycles. The second kappa shape index (κ2) is 10.1. The monoisotopic (exact) mass is 445 g/mol. The summed E-state index contributed by atoms with van der Waals surface area (Å²) in [6.45, 7) is 2.86. The Kier molecular flexibility index (Phi) is 6.83. The predicted octanol–water partition coefficient (Wildman–Crippen LogP) is 2.33. The van der Waals surface area contributed by atoms with Gasteiger partial charge in [0.2, 0.25) is 5.91 Å². The number of aryl methyl sites for hydroxylation is 2. The third-order valence-corrected chi connectivity index (χ3v) is 5.70. The molecule has 170 valence electrons. The van der Waals surface area contributed by atoms with Crippen molar-refractivity contribution in [2.45, 2.75) is 45.9 Å². The molecule has 4 aromatic rings. The molecule has 0 fully saturated rings. The Morgan fingerprint density at radius 1 is 1.00 bits per heavy atom. The Bertz CT molecular complexity index is 1370. The molecule has 33 heavy (non-hydrogen) atoms. The number of para-hydroxylation sites is 1. The summed E-state index contributed by atoms with van der Waals surface area (Å²) in [7, 11) is 0. The summed E-state index contributed by atoms with van der Waals surface area (Å²) in [5, 5.41) is 3.27. The molecule has 0 aliphatic carbocycles. The SMILES string of the molecule is CCn1c(=O)c2ccccc2n(CC(=O)NCc2nccn2CCCc2ccccc2)c1=O. The lowest BCUT2D eigenvalue weighted by molar-refractivity contribution is -0.121. The van der Waals surface area contributed by atoms with Crippen LogP contribution in [-0.2, 0) is 37.4 Å². The highest BCUT2D eigenvalue weighted by Gasteiger charge is 2.14. The summed E-state index contributed by atoms with van der Waals surface area (Å²) in [4.78, 5) is 42.4. The first kappa shape index (κ1) is 22.3. The molecule has 1 N–H and O–H groups in total. The minimum absolute atomic E-state index is 0.172. The number of fused-ring (bicyclic) bond motifs is 1. The fourth-order valence-corrected chi connectivity index (χ4v) is 3.99. The van der Waals surface area contributed by atoms with Crippen molar-refractivity contribution in [3.8, 4) is 0 Å². The van der Waals surface area contributed by atoms with Crippen molar-refractivity contribution in [1.82, 2.24) is 24.0 Å². The number of carbonyl (C=O) groups is 1. The zero-order valence-corrected chi connectivity index (χ0v) is 18.6. The van der Waals surface area contributed by atoms with Crippen molar-refractivity contribution in [1.29, 1.82) is 0 Å². The molecular formula is C25H27N5O3. The van der Waals surface area contributed by atoms with Crippen LogP contribution in [0.1, 0.15) is 24.7 Å². The summed E-state index contributed by atoms with van der Waals surface area (Å²) in [6, 6.07) is 17.2. The smallest absolute Gasteiger partial charge is 0.331 e. The number of benzene rings is 2. The second-order valence-electron chi connectivity index (χ2n) is 7.84. The lowest BCUT2D eigenvalue weighted by Gasteiger charge is -2.13. The zero-order chi connectivity index (χ0) is 23.2. The maximum atomic E-state index is 12.8. The van der Waals surface area contributed by atoms with E-state index in [1.54, 1.807) is 37.4 Å². The highest BCUT2D eigenvalue weighted by molar-refractivity contribution is 5.81. The standard InChI is InChI=1S/C25H27N5O3/c1-2-29-24(32)20-12-6-7-13-21(20)30(25(29)33)18-23(31)27-17-22-26-14-16-28(22)15-8-11-19-9-4-3-5-10-19/h3-7,9-10,12-14,16H,2,8,11,15,17-18H2,1H3,(H,27,31). The largest absolute Gasteiger partial charge is 0.347 e. The molecule has 4 rings (SSSR count). The first-order valence-corrected chi connectivity index (χ1v) is 11.1. The van der Waals surface area contributed by atoms with Gasteiger partial charge in [-0.3, -0.25) is 18.7 Å². The summed E-state index contributed by atoms with van der Waals surface area (Å²) in [5.74, 6) is 0.439. The molecule has 0 spiro atoms. The van der Waals surface area contributed by atoms with Gasteiger partial charge in [0.25, 0.3) is 5.56 Å². The molecule has 1 amide bonds.